The molecule has 4 nitrogen and oxygen atoms in total. The van der Waals surface area contributed by atoms with Gasteiger partial charge in [-0.3, -0.25) is 4.79 Å². The lowest BCUT2D eigenvalue weighted by molar-refractivity contribution is -0.133. The van der Waals surface area contributed by atoms with Crippen molar-refractivity contribution < 1.29 is 4.79 Å². The maximum absolute atomic E-state index is 13.6. The highest BCUT2D eigenvalue weighted by Crippen LogP contribution is 2.42. The molecule has 0 radical (unpaired) electrons. The molecule has 1 aliphatic heterocycles. The molecular formula is C30H39N3O. The third kappa shape index (κ3) is 5.07. The highest BCUT2D eigenvalue weighted by Gasteiger charge is 2.32. The lowest BCUT2D eigenvalue weighted by atomic mass is 9.75. The van der Waals surface area contributed by atoms with Gasteiger partial charge in [0.05, 0.1) is 0 Å². The zero-order valence-corrected chi connectivity index (χ0v) is 20.7. The van der Waals surface area contributed by atoms with E-state index in [2.05, 4.69) is 82.1 Å². The molecule has 1 amide bonds. The Morgan fingerprint density at radius 1 is 0.912 bits per heavy atom. The number of nitrogens with zero attached hydrogens (tertiary/aromatic N) is 3. The van der Waals surface area contributed by atoms with E-state index in [-0.39, 0.29) is 0 Å². The van der Waals surface area contributed by atoms with Gasteiger partial charge in [0.25, 0.3) is 0 Å². The van der Waals surface area contributed by atoms with Gasteiger partial charge in [-0.05, 0) is 48.4 Å². The number of piperazine rings is 1. The highest BCUT2D eigenvalue weighted by molar-refractivity contribution is 5.86. The molecule has 2 heterocycles. The number of rotatable bonds is 7. The minimum atomic E-state index is 0.305. The number of carbonyl (C=O) groups is 1. The quantitative estimate of drug-likeness (QED) is 0.441. The predicted octanol–water partition coefficient (Wildman–Crippen LogP) is 5.91. The van der Waals surface area contributed by atoms with Gasteiger partial charge in [-0.15, -0.1) is 0 Å². The van der Waals surface area contributed by atoms with E-state index in [4.69, 9.17) is 0 Å². The highest BCUT2D eigenvalue weighted by atomic mass is 16.2. The van der Waals surface area contributed by atoms with Crippen LogP contribution in [-0.4, -0.2) is 53.0 Å². The number of carbonyl (C=O) groups excluding carboxylic acids is 1. The molecule has 1 aromatic heterocycles. The molecule has 1 saturated carbocycles. The first-order chi connectivity index (χ1) is 16.7. The minimum absolute atomic E-state index is 0.305. The average Bonchev–Trinajstić information content (AvgIpc) is 3.26. The summed E-state index contributed by atoms with van der Waals surface area (Å²) in [6.07, 6.45) is 9.46. The van der Waals surface area contributed by atoms with E-state index >= 15 is 0 Å². The molecule has 180 valence electrons. The van der Waals surface area contributed by atoms with Gasteiger partial charge in [0, 0.05) is 56.2 Å². The van der Waals surface area contributed by atoms with Crippen LogP contribution in [0.2, 0.25) is 0 Å². The Hall–Kier alpha value is -2.59. The molecule has 0 N–H and O–H groups in total. The van der Waals surface area contributed by atoms with Crippen molar-refractivity contribution in [2.75, 3.05) is 32.7 Å². The van der Waals surface area contributed by atoms with E-state index in [1.165, 1.54) is 54.1 Å². The van der Waals surface area contributed by atoms with E-state index < -0.39 is 0 Å². The van der Waals surface area contributed by atoms with Crippen LogP contribution in [0.5, 0.6) is 0 Å². The molecule has 2 aromatic carbocycles. The molecule has 2 fully saturated rings. The van der Waals surface area contributed by atoms with Gasteiger partial charge >= 0.3 is 0 Å². The van der Waals surface area contributed by atoms with Crippen molar-refractivity contribution in [1.82, 2.24) is 14.4 Å². The smallest absolute Gasteiger partial charge is 0.223 e. The third-order valence-electron chi connectivity index (χ3n) is 8.20. The lowest BCUT2D eigenvalue weighted by Gasteiger charge is -2.36. The Morgan fingerprint density at radius 2 is 1.62 bits per heavy atom. The molecule has 2 aliphatic rings. The van der Waals surface area contributed by atoms with Gasteiger partial charge in [-0.1, -0.05) is 74.7 Å². The van der Waals surface area contributed by atoms with E-state index in [0.717, 1.165) is 39.3 Å². The van der Waals surface area contributed by atoms with Crippen molar-refractivity contribution >= 4 is 16.8 Å². The Bertz CT molecular complexity index is 1070. The van der Waals surface area contributed by atoms with Gasteiger partial charge in [0.2, 0.25) is 5.91 Å². The van der Waals surface area contributed by atoms with Crippen molar-refractivity contribution in [3.8, 4) is 0 Å². The van der Waals surface area contributed by atoms with Crippen LogP contribution < -0.4 is 0 Å². The topological polar surface area (TPSA) is 28.5 Å². The van der Waals surface area contributed by atoms with Crippen molar-refractivity contribution in [2.24, 2.45) is 5.92 Å². The maximum atomic E-state index is 13.6. The maximum Gasteiger partial charge on any atom is 0.223 e. The van der Waals surface area contributed by atoms with Crippen LogP contribution in [-0.2, 0) is 11.3 Å². The zero-order valence-electron chi connectivity index (χ0n) is 20.7. The normalized spacial score (nSPS) is 18.9. The fourth-order valence-electron chi connectivity index (χ4n) is 6.18. The van der Waals surface area contributed by atoms with E-state index in [1.807, 2.05) is 0 Å². The van der Waals surface area contributed by atoms with E-state index in [9.17, 15) is 4.79 Å². The monoisotopic (exact) mass is 457 g/mol. The summed E-state index contributed by atoms with van der Waals surface area (Å²) in [7, 11) is 0. The SMILES string of the molecule is CCN1CCN(C(=O)CC(c2cn(Cc3ccccc3)c3ccccc23)C2CCCCC2)CC1. The van der Waals surface area contributed by atoms with Gasteiger partial charge < -0.3 is 14.4 Å². The largest absolute Gasteiger partial charge is 0.343 e. The van der Waals surface area contributed by atoms with Crippen LogP contribution in [0, 0.1) is 5.92 Å². The molecule has 1 unspecified atom stereocenters. The second-order valence-electron chi connectivity index (χ2n) is 10.2. The summed E-state index contributed by atoms with van der Waals surface area (Å²) < 4.78 is 2.40. The fourth-order valence-corrected chi connectivity index (χ4v) is 6.18. The third-order valence-corrected chi connectivity index (χ3v) is 8.20. The summed E-state index contributed by atoms with van der Waals surface area (Å²) in [6.45, 7) is 7.92. The predicted molar refractivity (Wildman–Crippen MR) is 140 cm³/mol. The van der Waals surface area contributed by atoms with Gasteiger partial charge in [0.1, 0.15) is 0 Å². The fraction of sp³-hybridized carbons (Fsp3) is 0.500. The second-order valence-corrected chi connectivity index (χ2v) is 10.2. The molecule has 5 rings (SSSR count). The average molecular weight is 458 g/mol. The number of hydrogen-bond donors (Lipinski definition) is 0. The van der Waals surface area contributed by atoms with Crippen molar-refractivity contribution in [2.45, 2.75) is 57.9 Å². The number of fused-ring (bicyclic) bond motifs is 1. The summed E-state index contributed by atoms with van der Waals surface area (Å²) in [4.78, 5) is 18.1. The lowest BCUT2D eigenvalue weighted by Crippen LogP contribution is -2.48. The van der Waals surface area contributed by atoms with Crippen LogP contribution in [0.15, 0.2) is 60.8 Å². The first kappa shape index (κ1) is 23.2. The van der Waals surface area contributed by atoms with Crippen molar-refractivity contribution in [1.29, 1.82) is 0 Å². The summed E-state index contributed by atoms with van der Waals surface area (Å²) in [6, 6.07) is 19.5. The van der Waals surface area contributed by atoms with Crippen molar-refractivity contribution in [3.63, 3.8) is 0 Å². The molecular weight excluding hydrogens is 418 g/mol. The zero-order chi connectivity index (χ0) is 23.3. The number of amides is 1. The van der Waals surface area contributed by atoms with Crippen LogP contribution >= 0.6 is 0 Å². The minimum Gasteiger partial charge on any atom is -0.343 e. The molecule has 1 atom stereocenters. The van der Waals surface area contributed by atoms with Gasteiger partial charge in [-0.2, -0.15) is 0 Å². The molecule has 0 spiro atoms. The first-order valence-corrected chi connectivity index (χ1v) is 13.3. The van der Waals surface area contributed by atoms with Crippen LogP contribution in [0.1, 0.15) is 62.5 Å². The summed E-state index contributed by atoms with van der Waals surface area (Å²) >= 11 is 0. The van der Waals surface area contributed by atoms with Crippen LogP contribution in [0.4, 0.5) is 0 Å². The Labute approximate surface area is 204 Å². The summed E-state index contributed by atoms with van der Waals surface area (Å²) in [5, 5.41) is 1.33. The second kappa shape index (κ2) is 10.8. The molecule has 3 aromatic rings. The van der Waals surface area contributed by atoms with Crippen LogP contribution in [0.25, 0.3) is 10.9 Å². The standard InChI is InChI=1S/C30H39N3O/c1-2-31-17-19-32(20-18-31)30(34)21-27(25-13-7-4-8-14-25)28-23-33(22-24-11-5-3-6-12-24)29-16-10-9-15-26(28)29/h3,5-6,9-12,15-16,23,25,27H,2,4,7-8,13-14,17-22H2,1H3. The van der Waals surface area contributed by atoms with Crippen molar-refractivity contribution in [3.05, 3.63) is 71.9 Å². The molecule has 4 heteroatoms. The molecule has 1 saturated heterocycles. The number of hydrogen-bond acceptors (Lipinski definition) is 2. The Kier molecular flexibility index (Phi) is 7.34. The van der Waals surface area contributed by atoms with Gasteiger partial charge in [-0.25, -0.2) is 0 Å². The Morgan fingerprint density at radius 3 is 2.35 bits per heavy atom. The van der Waals surface area contributed by atoms with E-state index in [0.29, 0.717) is 24.2 Å². The number of likely N-dealkylation sites (N-methyl/N-ethyl adjacent to an activating group) is 1. The molecule has 0 bridgehead atoms. The summed E-state index contributed by atoms with van der Waals surface area (Å²) in [5.74, 6) is 1.26. The number of para-hydroxylation sites is 1. The first-order valence-electron chi connectivity index (χ1n) is 13.3. The van der Waals surface area contributed by atoms with E-state index in [1.54, 1.807) is 0 Å². The number of benzene rings is 2. The van der Waals surface area contributed by atoms with Gasteiger partial charge in [0.15, 0.2) is 0 Å². The number of aromatic nitrogens is 1. The molecule has 34 heavy (non-hydrogen) atoms. The Balaban J connectivity index is 1.45. The summed E-state index contributed by atoms with van der Waals surface area (Å²) in [5.41, 5.74) is 3.99. The molecule has 1 aliphatic carbocycles. The van der Waals surface area contributed by atoms with Crippen LogP contribution in [0.3, 0.4) is 0 Å².